The molecular formula is C21H25NO5S2. The third-order valence-electron chi connectivity index (χ3n) is 5.74. The predicted octanol–water partition coefficient (Wildman–Crippen LogP) is 3.60. The van der Waals surface area contributed by atoms with Gasteiger partial charge in [-0.05, 0) is 49.2 Å². The van der Waals surface area contributed by atoms with Gasteiger partial charge in [-0.1, -0.05) is 37.5 Å². The van der Waals surface area contributed by atoms with E-state index in [4.69, 9.17) is 4.74 Å². The number of para-hydroxylation sites is 1. The highest BCUT2D eigenvalue weighted by Gasteiger charge is 2.46. The maximum Gasteiger partial charge on any atom is 0.243 e. The zero-order valence-corrected chi connectivity index (χ0v) is 17.7. The Kier molecular flexibility index (Phi) is 5.68. The summed E-state index contributed by atoms with van der Waals surface area (Å²) in [5.74, 6) is 1.21. The Morgan fingerprint density at radius 1 is 0.724 bits per heavy atom. The van der Waals surface area contributed by atoms with E-state index in [1.165, 1.54) is 16.4 Å². The molecule has 0 bridgehead atoms. The van der Waals surface area contributed by atoms with Crippen molar-refractivity contribution in [2.75, 3.05) is 13.1 Å². The lowest BCUT2D eigenvalue weighted by Crippen LogP contribution is -2.58. The van der Waals surface area contributed by atoms with Gasteiger partial charge in [-0.25, -0.2) is 16.8 Å². The minimum absolute atomic E-state index is 0.0451. The molecule has 2 aromatic carbocycles. The SMILES string of the molecule is O=S(=O)(C1CCCCC1)C1CN(S(=O)(=O)c2ccc(Oc3ccccc3)cc2)C1. The van der Waals surface area contributed by atoms with Crippen LogP contribution in [0.2, 0.25) is 0 Å². The summed E-state index contributed by atoms with van der Waals surface area (Å²) in [6, 6.07) is 15.4. The standard InChI is InChI=1S/C21H25NO5S2/c23-28(24,19-9-5-2-6-10-19)21-15-22(16-21)29(25,26)20-13-11-18(12-14-20)27-17-7-3-1-4-8-17/h1,3-4,7-8,11-14,19,21H,2,5-6,9-10,15-16H2. The van der Waals surface area contributed by atoms with E-state index in [1.54, 1.807) is 12.1 Å². The van der Waals surface area contributed by atoms with E-state index in [-0.39, 0.29) is 23.2 Å². The van der Waals surface area contributed by atoms with Gasteiger partial charge in [0.25, 0.3) is 0 Å². The lowest BCUT2D eigenvalue weighted by Gasteiger charge is -2.39. The summed E-state index contributed by atoms with van der Waals surface area (Å²) >= 11 is 0. The minimum Gasteiger partial charge on any atom is -0.457 e. The number of sulfone groups is 1. The fourth-order valence-corrected chi connectivity index (χ4v) is 7.95. The third kappa shape index (κ3) is 4.20. The van der Waals surface area contributed by atoms with E-state index in [9.17, 15) is 16.8 Å². The number of ether oxygens (including phenoxy) is 1. The molecule has 2 aromatic rings. The van der Waals surface area contributed by atoms with E-state index < -0.39 is 25.1 Å². The highest BCUT2D eigenvalue weighted by molar-refractivity contribution is 7.93. The van der Waals surface area contributed by atoms with Crippen molar-refractivity contribution < 1.29 is 21.6 Å². The van der Waals surface area contributed by atoms with Crippen molar-refractivity contribution in [3.8, 4) is 11.5 Å². The van der Waals surface area contributed by atoms with Gasteiger partial charge in [0.2, 0.25) is 10.0 Å². The molecule has 0 amide bonds. The molecule has 2 fully saturated rings. The van der Waals surface area contributed by atoms with E-state index in [0.29, 0.717) is 24.3 Å². The van der Waals surface area contributed by atoms with Crippen LogP contribution in [0.4, 0.5) is 0 Å². The molecule has 1 saturated carbocycles. The quantitative estimate of drug-likeness (QED) is 0.693. The molecule has 1 aliphatic carbocycles. The summed E-state index contributed by atoms with van der Waals surface area (Å²) in [5, 5.41) is -0.887. The molecule has 6 nitrogen and oxygen atoms in total. The number of sulfonamides is 1. The molecule has 1 heterocycles. The third-order valence-corrected chi connectivity index (χ3v) is 10.2. The smallest absolute Gasteiger partial charge is 0.243 e. The van der Waals surface area contributed by atoms with Gasteiger partial charge in [-0.3, -0.25) is 0 Å². The molecular weight excluding hydrogens is 410 g/mol. The van der Waals surface area contributed by atoms with E-state index in [2.05, 4.69) is 0 Å². The molecule has 0 radical (unpaired) electrons. The predicted molar refractivity (Wildman–Crippen MR) is 111 cm³/mol. The van der Waals surface area contributed by atoms with Crippen molar-refractivity contribution in [3.63, 3.8) is 0 Å². The number of rotatable bonds is 6. The Bertz CT molecular complexity index is 1040. The van der Waals surface area contributed by atoms with E-state index in [0.717, 1.165) is 19.3 Å². The largest absolute Gasteiger partial charge is 0.457 e. The summed E-state index contributed by atoms with van der Waals surface area (Å²) in [5.41, 5.74) is 0. The second-order valence-corrected chi connectivity index (χ2v) is 12.1. The highest BCUT2D eigenvalue weighted by atomic mass is 32.2. The van der Waals surface area contributed by atoms with Crippen LogP contribution in [-0.2, 0) is 19.9 Å². The zero-order chi connectivity index (χ0) is 20.5. The van der Waals surface area contributed by atoms with Crippen molar-refractivity contribution in [2.45, 2.75) is 47.5 Å². The molecule has 156 valence electrons. The number of hydrogen-bond donors (Lipinski definition) is 0. The van der Waals surface area contributed by atoms with Gasteiger partial charge in [0.15, 0.2) is 9.84 Å². The Hall–Kier alpha value is -1.90. The highest BCUT2D eigenvalue weighted by Crippen LogP contribution is 2.32. The van der Waals surface area contributed by atoms with Crippen LogP contribution in [0.25, 0.3) is 0 Å². The average molecular weight is 436 g/mol. The van der Waals surface area contributed by atoms with Gasteiger partial charge in [-0.15, -0.1) is 0 Å². The normalized spacial score (nSPS) is 19.6. The fraction of sp³-hybridized carbons (Fsp3) is 0.429. The van der Waals surface area contributed by atoms with Gasteiger partial charge >= 0.3 is 0 Å². The summed E-state index contributed by atoms with van der Waals surface area (Å²) in [6.45, 7) is 0.0901. The van der Waals surface area contributed by atoms with Crippen LogP contribution < -0.4 is 4.74 Å². The fourth-order valence-electron chi connectivity index (χ4n) is 3.92. The average Bonchev–Trinajstić information content (AvgIpc) is 2.68. The molecule has 2 aliphatic rings. The number of nitrogens with zero attached hydrogens (tertiary/aromatic N) is 1. The maximum atomic E-state index is 12.8. The van der Waals surface area contributed by atoms with Gasteiger partial charge < -0.3 is 4.74 Å². The summed E-state index contributed by atoms with van der Waals surface area (Å²) in [4.78, 5) is 0.145. The van der Waals surface area contributed by atoms with Crippen LogP contribution in [0, 0.1) is 0 Å². The molecule has 0 aromatic heterocycles. The Morgan fingerprint density at radius 3 is 1.93 bits per heavy atom. The molecule has 8 heteroatoms. The summed E-state index contributed by atoms with van der Waals surface area (Å²) in [7, 11) is -6.97. The van der Waals surface area contributed by atoms with Crippen molar-refractivity contribution in [1.29, 1.82) is 0 Å². The first-order valence-electron chi connectivity index (χ1n) is 9.93. The lowest BCUT2D eigenvalue weighted by atomic mass is 10.0. The molecule has 0 atom stereocenters. The molecule has 0 N–H and O–H groups in total. The summed E-state index contributed by atoms with van der Waals surface area (Å²) < 4.78 is 58.1. The number of benzene rings is 2. The molecule has 1 aliphatic heterocycles. The van der Waals surface area contributed by atoms with Crippen LogP contribution in [0.1, 0.15) is 32.1 Å². The first kappa shape index (κ1) is 20.4. The second kappa shape index (κ2) is 8.08. The van der Waals surface area contributed by atoms with Crippen molar-refractivity contribution >= 4 is 19.9 Å². The molecule has 4 rings (SSSR count). The Balaban J connectivity index is 1.40. The maximum absolute atomic E-state index is 12.8. The van der Waals surface area contributed by atoms with E-state index >= 15 is 0 Å². The van der Waals surface area contributed by atoms with Gasteiger partial charge in [0.05, 0.1) is 15.4 Å². The van der Waals surface area contributed by atoms with Crippen LogP contribution in [0.5, 0.6) is 11.5 Å². The van der Waals surface area contributed by atoms with Crippen LogP contribution in [0.15, 0.2) is 59.5 Å². The Labute approximate surface area is 172 Å². The van der Waals surface area contributed by atoms with Crippen molar-refractivity contribution in [2.24, 2.45) is 0 Å². The zero-order valence-electron chi connectivity index (χ0n) is 16.1. The van der Waals surface area contributed by atoms with Gasteiger partial charge in [0, 0.05) is 13.1 Å². The first-order chi connectivity index (χ1) is 13.9. The topological polar surface area (TPSA) is 80.8 Å². The lowest BCUT2D eigenvalue weighted by molar-refractivity contribution is 0.306. The molecule has 0 spiro atoms. The number of hydrogen-bond acceptors (Lipinski definition) is 5. The Morgan fingerprint density at radius 2 is 1.31 bits per heavy atom. The van der Waals surface area contributed by atoms with Gasteiger partial charge in [-0.2, -0.15) is 4.31 Å². The van der Waals surface area contributed by atoms with Crippen LogP contribution >= 0.6 is 0 Å². The van der Waals surface area contributed by atoms with Crippen LogP contribution in [-0.4, -0.2) is 44.7 Å². The molecule has 0 unspecified atom stereocenters. The van der Waals surface area contributed by atoms with Crippen molar-refractivity contribution in [3.05, 3.63) is 54.6 Å². The van der Waals surface area contributed by atoms with E-state index in [1.807, 2.05) is 30.3 Å². The minimum atomic E-state index is -3.70. The monoisotopic (exact) mass is 435 g/mol. The van der Waals surface area contributed by atoms with Crippen molar-refractivity contribution in [1.82, 2.24) is 4.31 Å². The summed E-state index contributed by atoms with van der Waals surface area (Å²) in [6.07, 6.45) is 4.37. The second-order valence-electron chi connectivity index (χ2n) is 7.68. The molecule has 29 heavy (non-hydrogen) atoms. The van der Waals surface area contributed by atoms with Crippen LogP contribution in [0.3, 0.4) is 0 Å². The first-order valence-corrected chi connectivity index (χ1v) is 13.0. The van der Waals surface area contributed by atoms with Gasteiger partial charge in [0.1, 0.15) is 11.5 Å². The molecule has 1 saturated heterocycles.